The number of aromatic nitrogens is 2. The highest BCUT2D eigenvalue weighted by molar-refractivity contribution is 5.54. The van der Waals surface area contributed by atoms with Crippen molar-refractivity contribution < 1.29 is 0 Å². The number of azo groups is 1. The summed E-state index contributed by atoms with van der Waals surface area (Å²) in [7, 11) is 4.03. The fourth-order valence-electron chi connectivity index (χ4n) is 2.29. The molecule has 5 nitrogen and oxygen atoms in total. The summed E-state index contributed by atoms with van der Waals surface area (Å²) in [5.74, 6) is 0.770. The normalized spacial score (nSPS) is 11.5. The zero-order valence-electron chi connectivity index (χ0n) is 13.3. The van der Waals surface area contributed by atoms with E-state index in [0.717, 1.165) is 28.5 Å². The van der Waals surface area contributed by atoms with Gasteiger partial charge in [-0.2, -0.15) is 0 Å². The molecule has 22 heavy (non-hydrogen) atoms. The van der Waals surface area contributed by atoms with Crippen LogP contribution in [0.15, 0.2) is 52.8 Å². The third-order valence-corrected chi connectivity index (χ3v) is 3.55. The first-order chi connectivity index (χ1) is 10.5. The molecule has 112 valence electrons. The fraction of sp³-hybridized carbons (Fsp3) is 0.235. The standard InChI is InChI=1S/C17H19N5/c1-12-9-10-22-16(11-12)18-13(2)17(22)20-19-14-5-7-15(8-6-14)21(3)4/h5-11H,1-4H3. The second-order valence-corrected chi connectivity index (χ2v) is 5.56. The van der Waals surface area contributed by atoms with Gasteiger partial charge in [-0.25, -0.2) is 4.98 Å². The number of pyridine rings is 1. The molecule has 0 aliphatic rings. The highest BCUT2D eigenvalue weighted by atomic mass is 15.2. The second kappa shape index (κ2) is 5.60. The molecule has 0 amide bonds. The molecule has 1 aromatic carbocycles. The predicted octanol–water partition coefficient (Wildman–Crippen LogP) is 4.43. The third-order valence-electron chi connectivity index (χ3n) is 3.55. The Bertz CT molecular complexity index is 828. The van der Waals surface area contributed by atoms with E-state index in [1.165, 1.54) is 5.56 Å². The van der Waals surface area contributed by atoms with Crippen LogP contribution in [0.2, 0.25) is 0 Å². The van der Waals surface area contributed by atoms with Crippen LogP contribution >= 0.6 is 0 Å². The van der Waals surface area contributed by atoms with E-state index < -0.39 is 0 Å². The molecule has 0 radical (unpaired) electrons. The molecule has 3 aromatic rings. The van der Waals surface area contributed by atoms with Crippen LogP contribution in [0.4, 0.5) is 17.2 Å². The summed E-state index contributed by atoms with van der Waals surface area (Å²) in [5.41, 5.74) is 4.92. The highest BCUT2D eigenvalue weighted by Gasteiger charge is 2.07. The summed E-state index contributed by atoms with van der Waals surface area (Å²) in [4.78, 5) is 6.58. The first-order valence-electron chi connectivity index (χ1n) is 7.19. The van der Waals surface area contributed by atoms with Gasteiger partial charge in [-0.05, 0) is 55.8 Å². The lowest BCUT2D eigenvalue weighted by Crippen LogP contribution is -2.07. The number of imidazole rings is 1. The molecule has 0 bridgehead atoms. The molecule has 0 N–H and O–H groups in total. The van der Waals surface area contributed by atoms with Gasteiger partial charge in [-0.1, -0.05) is 0 Å². The van der Waals surface area contributed by atoms with E-state index in [1.54, 1.807) is 0 Å². The Morgan fingerprint density at radius 3 is 2.41 bits per heavy atom. The molecular formula is C17H19N5. The van der Waals surface area contributed by atoms with E-state index in [1.807, 2.05) is 68.0 Å². The van der Waals surface area contributed by atoms with Crippen LogP contribution in [0.5, 0.6) is 0 Å². The minimum Gasteiger partial charge on any atom is -0.378 e. The summed E-state index contributed by atoms with van der Waals surface area (Å²) in [6.45, 7) is 4.00. The molecule has 2 aromatic heterocycles. The molecule has 5 heteroatoms. The Morgan fingerprint density at radius 1 is 1.00 bits per heavy atom. The van der Waals surface area contributed by atoms with Gasteiger partial charge < -0.3 is 4.90 Å². The number of anilines is 1. The van der Waals surface area contributed by atoms with E-state index >= 15 is 0 Å². The molecule has 0 aliphatic carbocycles. The van der Waals surface area contributed by atoms with E-state index in [9.17, 15) is 0 Å². The first kappa shape index (κ1) is 14.3. The summed E-state index contributed by atoms with van der Waals surface area (Å²) < 4.78 is 1.96. The van der Waals surface area contributed by atoms with Crippen LogP contribution in [0.3, 0.4) is 0 Å². The van der Waals surface area contributed by atoms with E-state index in [2.05, 4.69) is 27.0 Å². The molecule has 0 aliphatic heterocycles. The van der Waals surface area contributed by atoms with Crippen molar-refractivity contribution in [3.63, 3.8) is 0 Å². The molecule has 0 spiro atoms. The van der Waals surface area contributed by atoms with Crippen molar-refractivity contribution in [1.82, 2.24) is 9.38 Å². The molecule has 3 rings (SSSR count). The van der Waals surface area contributed by atoms with Crippen LogP contribution in [-0.4, -0.2) is 23.5 Å². The number of aryl methyl sites for hydroxylation is 2. The van der Waals surface area contributed by atoms with Crippen molar-refractivity contribution in [1.29, 1.82) is 0 Å². The average Bonchev–Trinajstić information content (AvgIpc) is 2.80. The summed E-state index contributed by atoms with van der Waals surface area (Å²) in [5, 5.41) is 8.71. The van der Waals surface area contributed by atoms with Crippen LogP contribution in [0.1, 0.15) is 11.3 Å². The number of nitrogens with zero attached hydrogens (tertiary/aromatic N) is 5. The quantitative estimate of drug-likeness (QED) is 0.670. The van der Waals surface area contributed by atoms with Gasteiger partial charge in [0.2, 0.25) is 0 Å². The second-order valence-electron chi connectivity index (χ2n) is 5.56. The Kier molecular flexibility index (Phi) is 3.63. The number of hydrogen-bond donors (Lipinski definition) is 0. The Labute approximate surface area is 129 Å². The molecule has 0 unspecified atom stereocenters. The largest absolute Gasteiger partial charge is 0.378 e. The van der Waals surface area contributed by atoms with Gasteiger partial charge >= 0.3 is 0 Å². The van der Waals surface area contributed by atoms with Crippen molar-refractivity contribution in [2.24, 2.45) is 10.2 Å². The van der Waals surface area contributed by atoms with Gasteiger partial charge in [0.05, 0.1) is 11.4 Å². The zero-order chi connectivity index (χ0) is 15.7. The van der Waals surface area contributed by atoms with Gasteiger partial charge in [-0.15, -0.1) is 10.2 Å². The maximum absolute atomic E-state index is 4.53. The minimum atomic E-state index is 0.770. The van der Waals surface area contributed by atoms with Crippen molar-refractivity contribution >= 4 is 22.8 Å². The SMILES string of the molecule is Cc1ccn2c(N=Nc3ccc(N(C)C)cc3)c(C)nc2c1. The van der Waals surface area contributed by atoms with Crippen molar-refractivity contribution in [2.75, 3.05) is 19.0 Å². The Hall–Kier alpha value is -2.69. The maximum Gasteiger partial charge on any atom is 0.182 e. The first-order valence-corrected chi connectivity index (χ1v) is 7.19. The maximum atomic E-state index is 4.53. The van der Waals surface area contributed by atoms with Crippen LogP contribution in [0, 0.1) is 13.8 Å². The summed E-state index contributed by atoms with van der Waals surface area (Å²) in [6, 6.07) is 12.1. The van der Waals surface area contributed by atoms with Gasteiger partial charge in [-0.3, -0.25) is 4.40 Å². The zero-order valence-corrected chi connectivity index (χ0v) is 13.3. The van der Waals surface area contributed by atoms with Gasteiger partial charge in [0.25, 0.3) is 0 Å². The van der Waals surface area contributed by atoms with Crippen molar-refractivity contribution in [2.45, 2.75) is 13.8 Å². The van der Waals surface area contributed by atoms with E-state index in [4.69, 9.17) is 0 Å². The minimum absolute atomic E-state index is 0.770. The Balaban J connectivity index is 1.93. The van der Waals surface area contributed by atoms with Crippen molar-refractivity contribution in [3.05, 3.63) is 53.9 Å². The van der Waals surface area contributed by atoms with Gasteiger partial charge in [0.1, 0.15) is 5.65 Å². The van der Waals surface area contributed by atoms with E-state index in [0.29, 0.717) is 0 Å². The third kappa shape index (κ3) is 2.70. The molecule has 0 saturated carbocycles. The lowest BCUT2D eigenvalue weighted by Gasteiger charge is -2.11. The topological polar surface area (TPSA) is 45.3 Å². The van der Waals surface area contributed by atoms with Crippen LogP contribution < -0.4 is 4.90 Å². The lowest BCUT2D eigenvalue weighted by molar-refractivity contribution is 1.09. The predicted molar refractivity (Wildman–Crippen MR) is 89.6 cm³/mol. The van der Waals surface area contributed by atoms with E-state index in [-0.39, 0.29) is 0 Å². The number of hydrogen-bond acceptors (Lipinski definition) is 4. The fourth-order valence-corrected chi connectivity index (χ4v) is 2.29. The monoisotopic (exact) mass is 293 g/mol. The summed E-state index contributed by atoms with van der Waals surface area (Å²) >= 11 is 0. The molecule has 0 saturated heterocycles. The number of fused-ring (bicyclic) bond motifs is 1. The van der Waals surface area contributed by atoms with Crippen LogP contribution in [0.25, 0.3) is 5.65 Å². The van der Waals surface area contributed by atoms with Crippen molar-refractivity contribution in [3.8, 4) is 0 Å². The van der Waals surface area contributed by atoms with Gasteiger partial charge in [0, 0.05) is 26.0 Å². The Morgan fingerprint density at radius 2 is 1.73 bits per heavy atom. The highest BCUT2D eigenvalue weighted by Crippen LogP contribution is 2.25. The number of benzene rings is 1. The summed E-state index contributed by atoms with van der Waals surface area (Å²) in [6.07, 6.45) is 1.98. The molecular weight excluding hydrogens is 274 g/mol. The molecule has 0 fully saturated rings. The average molecular weight is 293 g/mol. The lowest BCUT2D eigenvalue weighted by atomic mass is 10.3. The smallest absolute Gasteiger partial charge is 0.182 e. The molecule has 0 atom stereocenters. The van der Waals surface area contributed by atoms with Crippen LogP contribution in [-0.2, 0) is 0 Å². The van der Waals surface area contributed by atoms with Gasteiger partial charge in [0.15, 0.2) is 5.82 Å². The molecule has 2 heterocycles. The number of rotatable bonds is 3.